The van der Waals surface area contributed by atoms with Gasteiger partial charge < -0.3 is 9.47 Å². The second kappa shape index (κ2) is 8.74. The molecule has 4 nitrogen and oxygen atoms in total. The van der Waals surface area contributed by atoms with Crippen molar-refractivity contribution in [2.75, 3.05) is 0 Å². The molecule has 2 heterocycles. The fourth-order valence-corrected chi connectivity index (χ4v) is 4.74. The van der Waals surface area contributed by atoms with Gasteiger partial charge in [0.2, 0.25) is 0 Å². The number of imidazole rings is 1. The molecule has 1 aromatic carbocycles. The van der Waals surface area contributed by atoms with Gasteiger partial charge in [0.15, 0.2) is 0 Å². The van der Waals surface area contributed by atoms with Crippen LogP contribution in [0.3, 0.4) is 0 Å². The van der Waals surface area contributed by atoms with Crippen LogP contribution in [0.5, 0.6) is 0 Å². The number of aromatic nitrogens is 2. The molecule has 4 rings (SSSR count). The first-order valence-corrected chi connectivity index (χ1v) is 11.0. The Balaban J connectivity index is 1.58. The van der Waals surface area contributed by atoms with Crippen LogP contribution in [-0.2, 0) is 13.1 Å². The van der Waals surface area contributed by atoms with Crippen LogP contribution in [-0.4, -0.2) is 26.4 Å². The fraction of sp³-hybridized carbons (Fsp3) is 0.391. The molecule has 1 aliphatic carbocycles. The second-order valence-corrected chi connectivity index (χ2v) is 8.55. The number of carbonyl (C=O) groups is 1. The molecule has 1 fully saturated rings. The van der Waals surface area contributed by atoms with Gasteiger partial charge in [-0.1, -0.05) is 49.6 Å². The summed E-state index contributed by atoms with van der Waals surface area (Å²) in [5.74, 6) is 1.10. The van der Waals surface area contributed by atoms with Gasteiger partial charge >= 0.3 is 0 Å². The summed E-state index contributed by atoms with van der Waals surface area (Å²) in [6.07, 6.45) is 9.75. The van der Waals surface area contributed by atoms with E-state index in [0.717, 1.165) is 30.1 Å². The minimum atomic E-state index is 0.146. The average Bonchev–Trinajstić information content (AvgIpc) is 3.40. The first kappa shape index (κ1) is 18.9. The predicted octanol–water partition coefficient (Wildman–Crippen LogP) is 5.28. The lowest BCUT2D eigenvalue weighted by Gasteiger charge is -2.34. The zero-order valence-corrected chi connectivity index (χ0v) is 17.2. The van der Waals surface area contributed by atoms with Crippen molar-refractivity contribution in [3.8, 4) is 0 Å². The van der Waals surface area contributed by atoms with Crippen LogP contribution in [0.1, 0.15) is 58.7 Å². The fourth-order valence-electron chi connectivity index (χ4n) is 4.06. The molecule has 0 saturated heterocycles. The van der Waals surface area contributed by atoms with E-state index in [1.54, 1.807) is 0 Å². The summed E-state index contributed by atoms with van der Waals surface area (Å²) in [6.45, 7) is 3.49. The quantitative estimate of drug-likeness (QED) is 0.572. The Morgan fingerprint density at radius 2 is 2.00 bits per heavy atom. The van der Waals surface area contributed by atoms with Gasteiger partial charge in [0.05, 0.1) is 11.4 Å². The number of nitrogens with zero attached hydrogens (tertiary/aromatic N) is 3. The molecule has 0 atom stereocenters. The summed E-state index contributed by atoms with van der Waals surface area (Å²) < 4.78 is 2.18. The average molecular weight is 394 g/mol. The normalized spacial score (nSPS) is 14.9. The van der Waals surface area contributed by atoms with E-state index in [1.807, 2.05) is 29.9 Å². The van der Waals surface area contributed by atoms with Crippen molar-refractivity contribution in [2.45, 2.75) is 58.2 Å². The SMILES string of the molecule is Cc1ccccc1Cn1ccnc1CN(C(=O)c1cccs1)C1CCCCC1. The number of amides is 1. The van der Waals surface area contributed by atoms with Crippen LogP contribution in [0.15, 0.2) is 54.2 Å². The molecule has 0 radical (unpaired) electrons. The Bertz CT molecular complexity index is 910. The minimum Gasteiger partial charge on any atom is -0.329 e. The third kappa shape index (κ3) is 4.20. The van der Waals surface area contributed by atoms with Crippen molar-refractivity contribution in [3.63, 3.8) is 0 Å². The lowest BCUT2D eigenvalue weighted by Crippen LogP contribution is -2.41. The van der Waals surface area contributed by atoms with Crippen molar-refractivity contribution in [2.24, 2.45) is 0 Å². The molecule has 0 aliphatic heterocycles. The predicted molar refractivity (Wildman–Crippen MR) is 114 cm³/mol. The molecule has 1 aliphatic rings. The number of carbonyl (C=O) groups excluding carboxylic acids is 1. The number of aryl methyl sites for hydroxylation is 1. The van der Waals surface area contributed by atoms with E-state index in [0.29, 0.717) is 12.6 Å². The highest BCUT2D eigenvalue weighted by molar-refractivity contribution is 7.12. The maximum absolute atomic E-state index is 13.3. The van der Waals surface area contributed by atoms with Gasteiger partial charge in [-0.25, -0.2) is 4.98 Å². The molecule has 1 saturated carbocycles. The van der Waals surface area contributed by atoms with Crippen molar-refractivity contribution in [1.29, 1.82) is 0 Å². The first-order valence-electron chi connectivity index (χ1n) is 10.1. The zero-order valence-electron chi connectivity index (χ0n) is 16.4. The van der Waals surface area contributed by atoms with Gasteiger partial charge in [0.25, 0.3) is 5.91 Å². The van der Waals surface area contributed by atoms with Crippen LogP contribution in [0.25, 0.3) is 0 Å². The number of benzene rings is 1. The second-order valence-electron chi connectivity index (χ2n) is 7.60. The van der Waals surface area contributed by atoms with Gasteiger partial charge in [-0.3, -0.25) is 4.79 Å². The monoisotopic (exact) mass is 393 g/mol. The Morgan fingerprint density at radius 3 is 2.75 bits per heavy atom. The number of thiophene rings is 1. The summed E-state index contributed by atoms with van der Waals surface area (Å²) in [4.78, 5) is 20.8. The molecule has 0 bridgehead atoms. The Labute approximate surface area is 170 Å². The third-order valence-electron chi connectivity index (χ3n) is 5.72. The molecule has 0 spiro atoms. The lowest BCUT2D eigenvalue weighted by molar-refractivity contribution is 0.0610. The van der Waals surface area contributed by atoms with E-state index >= 15 is 0 Å². The Kier molecular flexibility index (Phi) is 5.91. The molecule has 1 amide bonds. The van der Waals surface area contributed by atoms with Crippen molar-refractivity contribution < 1.29 is 4.79 Å². The summed E-state index contributed by atoms with van der Waals surface area (Å²) in [5, 5.41) is 1.98. The Hall–Kier alpha value is -2.40. The first-order chi connectivity index (χ1) is 13.7. The third-order valence-corrected chi connectivity index (χ3v) is 6.58. The smallest absolute Gasteiger partial charge is 0.264 e. The van der Waals surface area contributed by atoms with Crippen LogP contribution in [0, 0.1) is 6.92 Å². The summed E-state index contributed by atoms with van der Waals surface area (Å²) in [5.41, 5.74) is 2.57. The molecule has 5 heteroatoms. The van der Waals surface area contributed by atoms with E-state index < -0.39 is 0 Å². The van der Waals surface area contributed by atoms with Crippen LogP contribution < -0.4 is 0 Å². The highest BCUT2D eigenvalue weighted by Crippen LogP contribution is 2.26. The van der Waals surface area contributed by atoms with Crippen molar-refractivity contribution >= 4 is 17.2 Å². The van der Waals surface area contributed by atoms with E-state index in [-0.39, 0.29) is 5.91 Å². The van der Waals surface area contributed by atoms with Crippen LogP contribution >= 0.6 is 11.3 Å². The molecule has 0 N–H and O–H groups in total. The number of hydrogen-bond acceptors (Lipinski definition) is 3. The van der Waals surface area contributed by atoms with E-state index in [1.165, 1.54) is 41.7 Å². The minimum absolute atomic E-state index is 0.146. The maximum atomic E-state index is 13.3. The maximum Gasteiger partial charge on any atom is 0.264 e. The largest absolute Gasteiger partial charge is 0.329 e. The topological polar surface area (TPSA) is 38.1 Å². The van der Waals surface area contributed by atoms with E-state index in [2.05, 4.69) is 45.6 Å². The zero-order chi connectivity index (χ0) is 19.3. The molecular weight excluding hydrogens is 366 g/mol. The van der Waals surface area contributed by atoms with Crippen LogP contribution in [0.4, 0.5) is 0 Å². The molecule has 2 aromatic heterocycles. The van der Waals surface area contributed by atoms with Gasteiger partial charge in [-0.15, -0.1) is 11.3 Å². The van der Waals surface area contributed by atoms with Crippen LogP contribution in [0.2, 0.25) is 0 Å². The summed E-state index contributed by atoms with van der Waals surface area (Å²) in [7, 11) is 0. The van der Waals surface area contributed by atoms with Crippen molar-refractivity contribution in [3.05, 3.63) is 76.0 Å². The molecule has 3 aromatic rings. The molecular formula is C23H27N3OS. The molecule has 146 valence electrons. The number of hydrogen-bond donors (Lipinski definition) is 0. The molecule has 0 unspecified atom stereocenters. The highest BCUT2D eigenvalue weighted by atomic mass is 32.1. The standard InChI is InChI=1S/C23H27N3OS/c1-18-8-5-6-9-19(18)16-25-14-13-24-22(25)17-26(20-10-3-2-4-11-20)23(27)21-12-7-15-28-21/h5-9,12-15,20H,2-4,10-11,16-17H2,1H3. The van der Waals surface area contributed by atoms with Crippen molar-refractivity contribution in [1.82, 2.24) is 14.5 Å². The van der Waals surface area contributed by atoms with Gasteiger partial charge in [-0.2, -0.15) is 0 Å². The van der Waals surface area contributed by atoms with Gasteiger partial charge in [0.1, 0.15) is 5.82 Å². The van der Waals surface area contributed by atoms with E-state index in [9.17, 15) is 4.79 Å². The number of rotatable bonds is 6. The molecule has 28 heavy (non-hydrogen) atoms. The van der Waals surface area contributed by atoms with Gasteiger partial charge in [0, 0.05) is 25.0 Å². The summed E-state index contributed by atoms with van der Waals surface area (Å²) in [6, 6.07) is 12.6. The highest BCUT2D eigenvalue weighted by Gasteiger charge is 2.28. The Morgan fingerprint density at radius 1 is 1.18 bits per heavy atom. The lowest BCUT2D eigenvalue weighted by atomic mass is 9.94. The van der Waals surface area contributed by atoms with E-state index in [4.69, 9.17) is 0 Å². The van der Waals surface area contributed by atoms with Gasteiger partial charge in [-0.05, 0) is 42.3 Å². The summed E-state index contributed by atoms with van der Waals surface area (Å²) >= 11 is 1.53.